The maximum atomic E-state index is 6.13. The van der Waals surface area contributed by atoms with Gasteiger partial charge in [0, 0.05) is 12.6 Å². The van der Waals surface area contributed by atoms with E-state index in [0.29, 0.717) is 17.3 Å². The van der Waals surface area contributed by atoms with Gasteiger partial charge in [0.2, 0.25) is 0 Å². The Morgan fingerprint density at radius 3 is 2.83 bits per heavy atom. The molecule has 1 unspecified atom stereocenters. The molecule has 1 aromatic carbocycles. The Morgan fingerprint density at radius 1 is 1.50 bits per heavy atom. The van der Waals surface area contributed by atoms with Crippen LogP contribution in [0, 0.1) is 5.92 Å². The highest BCUT2D eigenvalue weighted by molar-refractivity contribution is 6.32. The van der Waals surface area contributed by atoms with Crippen LogP contribution in [0.2, 0.25) is 5.02 Å². The second-order valence-corrected chi connectivity index (χ2v) is 5.28. The van der Waals surface area contributed by atoms with E-state index in [2.05, 4.69) is 5.32 Å². The van der Waals surface area contributed by atoms with Crippen LogP contribution < -0.4 is 15.8 Å². The average molecular weight is 269 g/mol. The molecule has 0 bridgehead atoms. The lowest BCUT2D eigenvalue weighted by Gasteiger charge is -2.18. The molecule has 18 heavy (non-hydrogen) atoms. The van der Waals surface area contributed by atoms with E-state index in [4.69, 9.17) is 22.1 Å². The minimum atomic E-state index is 0.173. The SMILES string of the molecule is COc1ccc(C(CN)NCCC2CC2)cc1Cl. The maximum Gasteiger partial charge on any atom is 0.137 e. The number of rotatable bonds is 7. The standard InChI is InChI=1S/C14H21ClN2O/c1-18-14-5-4-11(8-12(14)15)13(9-16)17-7-6-10-2-3-10/h4-5,8,10,13,17H,2-3,6-7,9,16H2,1H3. The minimum absolute atomic E-state index is 0.173. The van der Waals surface area contributed by atoms with Crippen LogP contribution >= 0.6 is 11.6 Å². The second-order valence-electron chi connectivity index (χ2n) is 4.87. The van der Waals surface area contributed by atoms with Gasteiger partial charge >= 0.3 is 0 Å². The number of nitrogens with one attached hydrogen (secondary N) is 1. The molecule has 0 radical (unpaired) electrons. The summed E-state index contributed by atoms with van der Waals surface area (Å²) in [7, 11) is 1.62. The van der Waals surface area contributed by atoms with Gasteiger partial charge in [0.15, 0.2) is 0 Å². The third-order valence-electron chi connectivity index (χ3n) is 3.45. The summed E-state index contributed by atoms with van der Waals surface area (Å²) in [4.78, 5) is 0. The molecule has 3 nitrogen and oxygen atoms in total. The van der Waals surface area contributed by atoms with E-state index in [9.17, 15) is 0 Å². The fourth-order valence-electron chi connectivity index (χ4n) is 2.10. The summed E-state index contributed by atoms with van der Waals surface area (Å²) in [5.41, 5.74) is 6.95. The predicted molar refractivity (Wildman–Crippen MR) is 75.1 cm³/mol. The van der Waals surface area contributed by atoms with Crippen LogP contribution in [-0.2, 0) is 0 Å². The summed E-state index contributed by atoms with van der Waals surface area (Å²) in [6, 6.07) is 6.02. The normalized spacial score (nSPS) is 16.6. The molecule has 1 atom stereocenters. The van der Waals surface area contributed by atoms with Crippen LogP contribution in [0.25, 0.3) is 0 Å². The van der Waals surface area contributed by atoms with E-state index >= 15 is 0 Å². The summed E-state index contributed by atoms with van der Waals surface area (Å²) in [5, 5.41) is 4.13. The highest BCUT2D eigenvalue weighted by Crippen LogP contribution is 2.32. The van der Waals surface area contributed by atoms with E-state index in [-0.39, 0.29) is 6.04 Å². The van der Waals surface area contributed by atoms with Crippen molar-refractivity contribution in [1.82, 2.24) is 5.32 Å². The van der Waals surface area contributed by atoms with Crippen molar-refractivity contribution in [2.24, 2.45) is 11.7 Å². The summed E-state index contributed by atoms with van der Waals surface area (Å²) in [6.45, 7) is 1.60. The van der Waals surface area contributed by atoms with E-state index in [0.717, 1.165) is 18.0 Å². The summed E-state index contributed by atoms with van der Waals surface area (Å²) < 4.78 is 5.15. The molecule has 0 aliphatic heterocycles. The third kappa shape index (κ3) is 3.61. The molecule has 0 aromatic heterocycles. The summed E-state index contributed by atoms with van der Waals surface area (Å²) >= 11 is 6.13. The first kappa shape index (κ1) is 13.7. The van der Waals surface area contributed by atoms with Gasteiger partial charge in [-0.15, -0.1) is 0 Å². The summed E-state index contributed by atoms with van der Waals surface area (Å²) in [6.07, 6.45) is 4.03. The van der Waals surface area contributed by atoms with Crippen LogP contribution in [0.15, 0.2) is 18.2 Å². The van der Waals surface area contributed by atoms with Gasteiger partial charge in [-0.25, -0.2) is 0 Å². The lowest BCUT2D eigenvalue weighted by molar-refractivity contribution is 0.414. The Kier molecular flexibility index (Phi) is 4.87. The van der Waals surface area contributed by atoms with Gasteiger partial charge in [-0.3, -0.25) is 0 Å². The topological polar surface area (TPSA) is 47.3 Å². The lowest BCUT2D eigenvalue weighted by atomic mass is 10.1. The molecule has 0 spiro atoms. The molecule has 100 valence electrons. The molecule has 3 N–H and O–H groups in total. The molecule has 1 aliphatic carbocycles. The number of ether oxygens (including phenoxy) is 1. The Labute approximate surface area is 114 Å². The average Bonchev–Trinajstić information content (AvgIpc) is 3.18. The Morgan fingerprint density at radius 2 is 2.28 bits per heavy atom. The first-order chi connectivity index (χ1) is 8.74. The molecular weight excluding hydrogens is 248 g/mol. The Bertz CT molecular complexity index is 393. The van der Waals surface area contributed by atoms with Gasteiger partial charge in [0.25, 0.3) is 0 Å². The van der Waals surface area contributed by atoms with Gasteiger partial charge < -0.3 is 15.8 Å². The highest BCUT2D eigenvalue weighted by atomic mass is 35.5. The van der Waals surface area contributed by atoms with Gasteiger partial charge in [-0.1, -0.05) is 30.5 Å². The van der Waals surface area contributed by atoms with Crippen molar-refractivity contribution in [2.45, 2.75) is 25.3 Å². The van der Waals surface area contributed by atoms with Crippen molar-refractivity contribution >= 4 is 11.6 Å². The number of hydrogen-bond donors (Lipinski definition) is 2. The molecule has 4 heteroatoms. The number of methoxy groups -OCH3 is 1. The van der Waals surface area contributed by atoms with Crippen LogP contribution in [-0.4, -0.2) is 20.2 Å². The molecule has 0 heterocycles. The van der Waals surface area contributed by atoms with Crippen molar-refractivity contribution in [3.05, 3.63) is 28.8 Å². The lowest BCUT2D eigenvalue weighted by Crippen LogP contribution is -2.29. The van der Waals surface area contributed by atoms with Gasteiger partial charge in [-0.2, -0.15) is 0 Å². The quantitative estimate of drug-likeness (QED) is 0.799. The third-order valence-corrected chi connectivity index (χ3v) is 3.75. The van der Waals surface area contributed by atoms with Crippen LogP contribution in [0.4, 0.5) is 0 Å². The van der Waals surface area contributed by atoms with Gasteiger partial charge in [0.1, 0.15) is 5.75 Å². The molecule has 1 fully saturated rings. The number of nitrogens with two attached hydrogens (primary N) is 1. The van der Waals surface area contributed by atoms with E-state index < -0.39 is 0 Å². The molecule has 1 aliphatic rings. The Hall–Kier alpha value is -0.770. The fraction of sp³-hybridized carbons (Fsp3) is 0.571. The zero-order chi connectivity index (χ0) is 13.0. The summed E-state index contributed by atoms with van der Waals surface area (Å²) in [5.74, 6) is 1.64. The molecule has 1 aromatic rings. The van der Waals surface area contributed by atoms with Crippen molar-refractivity contribution < 1.29 is 4.74 Å². The molecule has 2 rings (SSSR count). The van der Waals surface area contributed by atoms with E-state index in [1.165, 1.54) is 19.3 Å². The van der Waals surface area contributed by atoms with Crippen molar-refractivity contribution in [2.75, 3.05) is 20.2 Å². The van der Waals surface area contributed by atoms with Gasteiger partial charge in [0.05, 0.1) is 12.1 Å². The monoisotopic (exact) mass is 268 g/mol. The first-order valence-corrected chi connectivity index (χ1v) is 6.89. The zero-order valence-electron chi connectivity index (χ0n) is 10.8. The molecule has 0 saturated heterocycles. The second kappa shape index (κ2) is 6.41. The zero-order valence-corrected chi connectivity index (χ0v) is 11.5. The van der Waals surface area contributed by atoms with Crippen molar-refractivity contribution in [3.8, 4) is 5.75 Å². The van der Waals surface area contributed by atoms with Crippen molar-refractivity contribution in [1.29, 1.82) is 0 Å². The Balaban J connectivity index is 1.94. The minimum Gasteiger partial charge on any atom is -0.495 e. The number of hydrogen-bond acceptors (Lipinski definition) is 3. The van der Waals surface area contributed by atoms with Crippen LogP contribution in [0.3, 0.4) is 0 Å². The number of benzene rings is 1. The molecule has 1 saturated carbocycles. The molecular formula is C14H21ClN2O. The number of halogens is 1. The first-order valence-electron chi connectivity index (χ1n) is 6.51. The van der Waals surface area contributed by atoms with Crippen LogP contribution in [0.1, 0.15) is 30.9 Å². The van der Waals surface area contributed by atoms with E-state index in [1.54, 1.807) is 7.11 Å². The smallest absolute Gasteiger partial charge is 0.137 e. The molecule has 0 amide bonds. The van der Waals surface area contributed by atoms with E-state index in [1.807, 2.05) is 18.2 Å². The predicted octanol–water partition coefficient (Wildman–Crippen LogP) is 2.74. The highest BCUT2D eigenvalue weighted by Gasteiger charge is 2.21. The van der Waals surface area contributed by atoms with Crippen LogP contribution in [0.5, 0.6) is 5.75 Å². The largest absolute Gasteiger partial charge is 0.495 e. The maximum absolute atomic E-state index is 6.13. The van der Waals surface area contributed by atoms with Gasteiger partial charge in [-0.05, 0) is 36.6 Å². The van der Waals surface area contributed by atoms with Crippen molar-refractivity contribution in [3.63, 3.8) is 0 Å². The fourth-order valence-corrected chi connectivity index (χ4v) is 2.37.